The minimum absolute atomic E-state index is 0.0930. The smallest absolute Gasteiger partial charge is 0.0546 e. The molecule has 0 fully saturated rings. The summed E-state index contributed by atoms with van der Waals surface area (Å²) in [7, 11) is 0. The van der Waals surface area contributed by atoms with Crippen LogP contribution in [0.4, 0.5) is 11.4 Å². The van der Waals surface area contributed by atoms with Gasteiger partial charge in [0, 0.05) is 42.4 Å². The number of rotatable bonds is 4. The number of hydrogen-bond donors (Lipinski definition) is 0. The Morgan fingerprint density at radius 1 is 0.560 bits per heavy atom. The Balaban J connectivity index is 1.17. The quantitative estimate of drug-likeness (QED) is 0.170. The highest BCUT2D eigenvalue weighted by Gasteiger charge is 2.36. The zero-order valence-corrected chi connectivity index (χ0v) is 29.0. The lowest BCUT2D eigenvalue weighted by Gasteiger charge is -2.30. The van der Waals surface area contributed by atoms with Crippen molar-refractivity contribution >= 4 is 70.0 Å². The fourth-order valence-electron chi connectivity index (χ4n) is 8.38. The minimum Gasteiger partial charge on any atom is -0.310 e. The summed E-state index contributed by atoms with van der Waals surface area (Å²) in [6.07, 6.45) is 10.2. The highest BCUT2D eigenvalue weighted by atomic mass is 32.1. The molecular weight excluding hydrogens is 623 g/mol. The van der Waals surface area contributed by atoms with E-state index in [0.717, 1.165) is 12.1 Å². The van der Waals surface area contributed by atoms with Gasteiger partial charge in [0.25, 0.3) is 0 Å². The molecule has 238 valence electrons. The molecular formula is C48H35NS. The lowest BCUT2D eigenvalue weighted by molar-refractivity contribution is 0.660. The van der Waals surface area contributed by atoms with Gasteiger partial charge >= 0.3 is 0 Å². The maximum Gasteiger partial charge on any atom is 0.0546 e. The Bertz CT molecular complexity index is 2770. The van der Waals surface area contributed by atoms with Crippen LogP contribution >= 0.6 is 11.3 Å². The van der Waals surface area contributed by atoms with E-state index in [-0.39, 0.29) is 5.41 Å². The number of benzene rings is 7. The number of nitrogens with zero attached hydrogens (tertiary/aromatic N) is 1. The average molecular weight is 658 g/mol. The van der Waals surface area contributed by atoms with Gasteiger partial charge in [-0.25, -0.2) is 0 Å². The molecule has 0 N–H and O–H groups in total. The number of fused-ring (bicyclic) bond motifs is 9. The molecule has 2 aliphatic rings. The van der Waals surface area contributed by atoms with Gasteiger partial charge in [-0.05, 0) is 105 Å². The Morgan fingerprint density at radius 2 is 1.28 bits per heavy atom. The Hall–Kier alpha value is -5.70. The van der Waals surface area contributed by atoms with Gasteiger partial charge in [-0.15, -0.1) is 11.3 Å². The molecule has 0 aliphatic heterocycles. The van der Waals surface area contributed by atoms with Gasteiger partial charge in [0.1, 0.15) is 0 Å². The second-order valence-corrected chi connectivity index (χ2v) is 15.2. The zero-order valence-electron chi connectivity index (χ0n) is 28.2. The van der Waals surface area contributed by atoms with Crippen LogP contribution in [0.15, 0.2) is 170 Å². The van der Waals surface area contributed by atoms with Crippen LogP contribution in [0.25, 0.3) is 58.4 Å². The molecule has 0 atom stereocenters. The van der Waals surface area contributed by atoms with E-state index < -0.39 is 0 Å². The third kappa shape index (κ3) is 4.45. The highest BCUT2D eigenvalue weighted by molar-refractivity contribution is 7.25. The first-order valence-electron chi connectivity index (χ1n) is 17.5. The zero-order chi connectivity index (χ0) is 33.4. The van der Waals surface area contributed by atoms with Crippen LogP contribution in [0.5, 0.6) is 0 Å². The van der Waals surface area contributed by atoms with Crippen LogP contribution in [-0.2, 0) is 5.41 Å². The van der Waals surface area contributed by atoms with Crippen LogP contribution in [0, 0.1) is 0 Å². The fraction of sp³-hybridized carbons (Fsp3) is 0.0833. The molecule has 2 aliphatic carbocycles. The predicted octanol–water partition coefficient (Wildman–Crippen LogP) is 13.7. The largest absolute Gasteiger partial charge is 0.310 e. The Labute approximate surface area is 296 Å². The van der Waals surface area contributed by atoms with E-state index >= 15 is 0 Å². The SMILES string of the molecule is CC1(C)c2ccccc2-c2ccc(N(C3=CC=C(c4ccc5sc6ccccc6c5c4)CC=C3)c3cc4ccccc4c4ccccc34)cc21. The minimum atomic E-state index is -0.0930. The van der Waals surface area contributed by atoms with E-state index in [2.05, 4.69) is 183 Å². The maximum atomic E-state index is 2.49. The van der Waals surface area contributed by atoms with Crippen molar-refractivity contribution in [3.05, 3.63) is 186 Å². The third-order valence-electron chi connectivity index (χ3n) is 10.9. The molecule has 0 amide bonds. The number of hydrogen-bond acceptors (Lipinski definition) is 2. The number of allylic oxidation sites excluding steroid dienone is 5. The van der Waals surface area contributed by atoms with E-state index in [4.69, 9.17) is 0 Å². The van der Waals surface area contributed by atoms with Gasteiger partial charge in [-0.2, -0.15) is 0 Å². The van der Waals surface area contributed by atoms with Crippen LogP contribution in [0.3, 0.4) is 0 Å². The third-order valence-corrected chi connectivity index (χ3v) is 12.1. The van der Waals surface area contributed by atoms with Crippen molar-refractivity contribution in [3.63, 3.8) is 0 Å². The van der Waals surface area contributed by atoms with Gasteiger partial charge in [0.05, 0.1) is 5.69 Å². The standard InChI is InChI=1S/C48H35NS/c1-48(2)43-20-9-7-17-38(43)39-26-25-35(30-44(39)48)49(45-29-33-12-3-4-15-36(33)37-16-5-6-18-40(37)45)34-14-11-13-31(22-24-34)32-23-27-47-42(28-32)41-19-8-10-21-46(41)50-47/h3-12,14-30H,13H2,1-2H3. The van der Waals surface area contributed by atoms with Gasteiger partial charge < -0.3 is 4.90 Å². The first kappa shape index (κ1) is 29.2. The molecule has 7 aromatic carbocycles. The van der Waals surface area contributed by atoms with Gasteiger partial charge in [-0.3, -0.25) is 0 Å². The molecule has 10 rings (SSSR count). The van der Waals surface area contributed by atoms with Gasteiger partial charge in [0.15, 0.2) is 0 Å². The Morgan fingerprint density at radius 3 is 2.18 bits per heavy atom. The van der Waals surface area contributed by atoms with E-state index in [1.54, 1.807) is 0 Å². The lowest BCUT2D eigenvalue weighted by Crippen LogP contribution is -2.18. The van der Waals surface area contributed by atoms with E-state index in [9.17, 15) is 0 Å². The summed E-state index contributed by atoms with van der Waals surface area (Å²) in [5.74, 6) is 0. The molecule has 0 bridgehead atoms. The van der Waals surface area contributed by atoms with E-state index in [1.165, 1.54) is 86.5 Å². The Kier molecular flexibility index (Phi) is 6.53. The molecule has 50 heavy (non-hydrogen) atoms. The second-order valence-electron chi connectivity index (χ2n) is 14.1. The van der Waals surface area contributed by atoms with Crippen molar-refractivity contribution in [2.45, 2.75) is 25.7 Å². The summed E-state index contributed by atoms with van der Waals surface area (Å²) in [6, 6.07) is 51.8. The van der Waals surface area contributed by atoms with Gasteiger partial charge in [0.2, 0.25) is 0 Å². The molecule has 1 aromatic heterocycles. The van der Waals surface area contributed by atoms with Crippen LogP contribution in [0.2, 0.25) is 0 Å². The monoisotopic (exact) mass is 657 g/mol. The second kappa shape index (κ2) is 11.2. The predicted molar refractivity (Wildman–Crippen MR) is 217 cm³/mol. The summed E-state index contributed by atoms with van der Waals surface area (Å²) in [5, 5.41) is 7.71. The molecule has 2 heteroatoms. The van der Waals surface area contributed by atoms with Crippen molar-refractivity contribution in [1.29, 1.82) is 0 Å². The van der Waals surface area contributed by atoms with Crippen molar-refractivity contribution < 1.29 is 0 Å². The van der Waals surface area contributed by atoms with Crippen LogP contribution in [-0.4, -0.2) is 0 Å². The first-order valence-corrected chi connectivity index (χ1v) is 18.3. The molecule has 0 radical (unpaired) electrons. The van der Waals surface area contributed by atoms with E-state index in [1.807, 2.05) is 11.3 Å². The highest BCUT2D eigenvalue weighted by Crippen LogP contribution is 2.51. The van der Waals surface area contributed by atoms with Crippen LogP contribution < -0.4 is 4.90 Å². The summed E-state index contributed by atoms with van der Waals surface area (Å²) < 4.78 is 2.68. The maximum absolute atomic E-state index is 2.49. The van der Waals surface area contributed by atoms with Gasteiger partial charge in [-0.1, -0.05) is 129 Å². The summed E-state index contributed by atoms with van der Waals surface area (Å²) >= 11 is 1.87. The molecule has 0 saturated carbocycles. The molecule has 8 aromatic rings. The molecule has 0 unspecified atom stereocenters. The fourth-order valence-corrected chi connectivity index (χ4v) is 9.47. The summed E-state index contributed by atoms with van der Waals surface area (Å²) in [6.45, 7) is 4.73. The first-order chi connectivity index (χ1) is 24.5. The lowest BCUT2D eigenvalue weighted by atomic mass is 9.82. The van der Waals surface area contributed by atoms with Crippen molar-refractivity contribution in [3.8, 4) is 11.1 Å². The van der Waals surface area contributed by atoms with Crippen molar-refractivity contribution in [1.82, 2.24) is 0 Å². The van der Waals surface area contributed by atoms with Crippen molar-refractivity contribution in [2.24, 2.45) is 0 Å². The van der Waals surface area contributed by atoms with Crippen molar-refractivity contribution in [2.75, 3.05) is 4.90 Å². The summed E-state index contributed by atoms with van der Waals surface area (Å²) in [5.41, 5.74) is 11.5. The molecule has 1 heterocycles. The topological polar surface area (TPSA) is 3.24 Å². The molecule has 0 saturated heterocycles. The van der Waals surface area contributed by atoms with Crippen LogP contribution in [0.1, 0.15) is 37.0 Å². The summed E-state index contributed by atoms with van der Waals surface area (Å²) in [4.78, 5) is 2.49. The number of thiophene rings is 1. The number of anilines is 2. The van der Waals surface area contributed by atoms with E-state index in [0.29, 0.717) is 0 Å². The molecule has 0 spiro atoms. The average Bonchev–Trinajstić information content (AvgIpc) is 3.51. The molecule has 1 nitrogen and oxygen atoms in total. The normalized spacial score (nSPS) is 14.8.